The standard InChI is InChI=1S/C24H23Cl2N3O3/c1-5-9-28-18-11-24(3,4)12-19(30)20(18)21(14-7-8-16(25)17(26)10-14)29-22(28)15(13-27-29)23(31)32-6-2/h1,7-8,10,13,21H,6,9,11-12H2,2-4H3. The molecule has 0 radical (unpaired) electrons. The summed E-state index contributed by atoms with van der Waals surface area (Å²) in [6.07, 6.45) is 8.19. The molecule has 0 saturated carbocycles. The number of Topliss-reactive ketones (excluding diaryl/α,β-unsaturated/α-hetero) is 1. The van der Waals surface area contributed by atoms with E-state index in [-0.39, 0.29) is 24.3 Å². The Hall–Kier alpha value is -2.75. The Morgan fingerprint density at radius 3 is 2.72 bits per heavy atom. The van der Waals surface area contributed by atoms with Gasteiger partial charge in [-0.3, -0.25) is 4.79 Å². The fourth-order valence-corrected chi connectivity index (χ4v) is 4.83. The lowest BCUT2D eigenvalue weighted by Gasteiger charge is -2.43. The summed E-state index contributed by atoms with van der Waals surface area (Å²) < 4.78 is 6.93. The van der Waals surface area contributed by atoms with Gasteiger partial charge in [0.15, 0.2) is 5.78 Å². The number of hydrogen-bond acceptors (Lipinski definition) is 5. The van der Waals surface area contributed by atoms with Gasteiger partial charge in [0.2, 0.25) is 0 Å². The van der Waals surface area contributed by atoms with E-state index in [1.807, 2.05) is 11.0 Å². The molecule has 2 aromatic rings. The number of halogens is 2. The van der Waals surface area contributed by atoms with Crippen LogP contribution in [-0.4, -0.2) is 34.7 Å². The Morgan fingerprint density at radius 1 is 1.31 bits per heavy atom. The van der Waals surface area contributed by atoms with E-state index in [4.69, 9.17) is 34.4 Å². The van der Waals surface area contributed by atoms with E-state index >= 15 is 0 Å². The van der Waals surface area contributed by atoms with Crippen molar-refractivity contribution in [2.45, 2.75) is 39.7 Å². The van der Waals surface area contributed by atoms with Crippen LogP contribution < -0.4 is 4.90 Å². The fraction of sp³-hybridized carbons (Fsp3) is 0.375. The van der Waals surface area contributed by atoms with Gasteiger partial charge in [-0.2, -0.15) is 5.10 Å². The first-order valence-corrected chi connectivity index (χ1v) is 11.1. The third-order valence-corrected chi connectivity index (χ3v) is 6.51. The average Bonchev–Trinajstić information content (AvgIpc) is 3.15. The zero-order valence-corrected chi connectivity index (χ0v) is 19.6. The number of aromatic nitrogens is 2. The molecule has 166 valence electrons. The summed E-state index contributed by atoms with van der Waals surface area (Å²) in [5, 5.41) is 5.30. The minimum atomic E-state index is -0.560. The summed E-state index contributed by atoms with van der Waals surface area (Å²) in [7, 11) is 0. The molecule has 0 spiro atoms. The van der Waals surface area contributed by atoms with E-state index in [0.29, 0.717) is 39.8 Å². The second-order valence-corrected chi connectivity index (χ2v) is 9.53. The van der Waals surface area contributed by atoms with E-state index < -0.39 is 12.0 Å². The maximum Gasteiger partial charge on any atom is 0.343 e. The van der Waals surface area contributed by atoms with E-state index in [1.165, 1.54) is 6.20 Å². The normalized spacial score (nSPS) is 19.3. The molecule has 6 nitrogen and oxygen atoms in total. The molecule has 0 bridgehead atoms. The number of allylic oxidation sites excluding steroid dienone is 2. The summed E-state index contributed by atoms with van der Waals surface area (Å²) in [5.41, 5.74) is 2.22. The number of rotatable bonds is 4. The molecule has 0 amide bonds. The lowest BCUT2D eigenvalue weighted by Crippen LogP contribution is -2.42. The summed E-state index contributed by atoms with van der Waals surface area (Å²) in [5.74, 6) is 2.71. The van der Waals surface area contributed by atoms with E-state index in [2.05, 4.69) is 24.9 Å². The molecule has 1 aliphatic carbocycles. The number of esters is 1. The number of fused-ring (bicyclic) bond motifs is 1. The largest absolute Gasteiger partial charge is 0.462 e. The summed E-state index contributed by atoms with van der Waals surface area (Å²) in [6, 6.07) is 4.69. The highest BCUT2D eigenvalue weighted by Gasteiger charge is 2.45. The Balaban J connectivity index is 2.01. The highest BCUT2D eigenvalue weighted by atomic mass is 35.5. The molecule has 1 atom stereocenters. The van der Waals surface area contributed by atoms with Gasteiger partial charge in [-0.05, 0) is 36.5 Å². The molecule has 1 aromatic carbocycles. The molecule has 1 aliphatic heterocycles. The van der Waals surface area contributed by atoms with E-state index in [0.717, 1.165) is 11.3 Å². The van der Waals surface area contributed by atoms with Gasteiger partial charge >= 0.3 is 5.97 Å². The van der Waals surface area contributed by atoms with Crippen molar-refractivity contribution in [2.24, 2.45) is 5.41 Å². The summed E-state index contributed by atoms with van der Waals surface area (Å²) >= 11 is 12.5. The number of carbonyl (C=O) groups is 2. The van der Waals surface area contributed by atoms with Crippen molar-refractivity contribution in [3.63, 3.8) is 0 Å². The van der Waals surface area contributed by atoms with Gasteiger partial charge in [0.05, 0.1) is 29.4 Å². The van der Waals surface area contributed by atoms with Crippen LogP contribution >= 0.6 is 23.2 Å². The van der Waals surface area contributed by atoms with Crippen LogP contribution in [0.3, 0.4) is 0 Å². The molecule has 0 N–H and O–H groups in total. The zero-order chi connectivity index (χ0) is 23.2. The second-order valence-electron chi connectivity index (χ2n) is 8.71. The van der Waals surface area contributed by atoms with Gasteiger partial charge in [-0.25, -0.2) is 9.48 Å². The monoisotopic (exact) mass is 471 g/mol. The number of nitrogens with zero attached hydrogens (tertiary/aromatic N) is 3. The number of ketones is 1. The molecule has 1 unspecified atom stereocenters. The van der Waals surface area contributed by atoms with Gasteiger partial charge in [-0.15, -0.1) is 6.42 Å². The van der Waals surface area contributed by atoms with Crippen molar-refractivity contribution < 1.29 is 14.3 Å². The van der Waals surface area contributed by atoms with Gasteiger partial charge in [-0.1, -0.05) is 49.0 Å². The van der Waals surface area contributed by atoms with Gasteiger partial charge < -0.3 is 9.64 Å². The lowest BCUT2D eigenvalue weighted by atomic mass is 9.72. The predicted octanol–water partition coefficient (Wildman–Crippen LogP) is 5.05. The molecule has 4 rings (SSSR count). The summed E-state index contributed by atoms with van der Waals surface area (Å²) in [6.45, 7) is 6.27. The average molecular weight is 472 g/mol. The molecule has 32 heavy (non-hydrogen) atoms. The molecule has 0 saturated heterocycles. The topological polar surface area (TPSA) is 64.4 Å². The quantitative estimate of drug-likeness (QED) is 0.460. The van der Waals surface area contributed by atoms with Crippen molar-refractivity contribution in [3.05, 3.63) is 56.8 Å². The molecule has 2 heterocycles. The Kier molecular flexibility index (Phi) is 5.83. The number of carbonyl (C=O) groups excluding carboxylic acids is 2. The minimum absolute atomic E-state index is 0.0215. The Labute approximate surface area is 197 Å². The Morgan fingerprint density at radius 2 is 2.06 bits per heavy atom. The van der Waals surface area contributed by atoms with Crippen molar-refractivity contribution in [3.8, 4) is 12.3 Å². The first-order chi connectivity index (χ1) is 15.2. The highest BCUT2D eigenvalue weighted by molar-refractivity contribution is 6.42. The lowest BCUT2D eigenvalue weighted by molar-refractivity contribution is -0.118. The molecule has 0 fully saturated rings. The van der Waals surface area contributed by atoms with Crippen molar-refractivity contribution in [1.29, 1.82) is 0 Å². The smallest absolute Gasteiger partial charge is 0.343 e. The second kappa shape index (κ2) is 8.31. The summed E-state index contributed by atoms with van der Waals surface area (Å²) in [4.78, 5) is 28.0. The van der Waals surface area contributed by atoms with Crippen LogP contribution in [0.25, 0.3) is 0 Å². The van der Waals surface area contributed by atoms with Crippen LogP contribution in [0.5, 0.6) is 0 Å². The van der Waals surface area contributed by atoms with E-state index in [1.54, 1.807) is 23.7 Å². The zero-order valence-electron chi connectivity index (χ0n) is 18.1. The Bertz CT molecular complexity index is 1190. The van der Waals surface area contributed by atoms with Crippen LogP contribution in [0.2, 0.25) is 10.0 Å². The van der Waals surface area contributed by atoms with Crippen molar-refractivity contribution in [1.82, 2.24) is 9.78 Å². The fourth-order valence-electron chi connectivity index (χ4n) is 4.52. The van der Waals surface area contributed by atoms with Crippen LogP contribution in [0.15, 0.2) is 35.7 Å². The van der Waals surface area contributed by atoms with Crippen molar-refractivity contribution in [2.75, 3.05) is 18.1 Å². The van der Waals surface area contributed by atoms with Gasteiger partial charge in [0, 0.05) is 17.7 Å². The van der Waals surface area contributed by atoms with Crippen LogP contribution in [0, 0.1) is 17.8 Å². The maximum atomic E-state index is 13.5. The molecule has 1 aromatic heterocycles. The third-order valence-electron chi connectivity index (χ3n) is 5.77. The van der Waals surface area contributed by atoms with E-state index in [9.17, 15) is 9.59 Å². The predicted molar refractivity (Wildman–Crippen MR) is 124 cm³/mol. The van der Waals surface area contributed by atoms with Crippen molar-refractivity contribution >= 4 is 40.8 Å². The van der Waals surface area contributed by atoms with Crippen LogP contribution in [0.4, 0.5) is 5.82 Å². The third kappa shape index (κ3) is 3.70. The van der Waals surface area contributed by atoms with Crippen LogP contribution in [-0.2, 0) is 9.53 Å². The molecule has 8 heteroatoms. The SMILES string of the molecule is C#CCN1C2=C(C(=O)CC(C)(C)C2)C(c2ccc(Cl)c(Cl)c2)n2ncc(C(=O)OCC)c21. The number of terminal acetylenes is 1. The highest BCUT2D eigenvalue weighted by Crippen LogP contribution is 2.49. The number of hydrogen-bond donors (Lipinski definition) is 0. The maximum absolute atomic E-state index is 13.5. The van der Waals surface area contributed by atoms with Gasteiger partial charge in [0.25, 0.3) is 0 Å². The molecular formula is C24H23Cl2N3O3. The first-order valence-electron chi connectivity index (χ1n) is 10.4. The molecular weight excluding hydrogens is 449 g/mol. The van der Waals surface area contributed by atoms with Gasteiger partial charge in [0.1, 0.15) is 17.4 Å². The number of ether oxygens (including phenoxy) is 1. The van der Waals surface area contributed by atoms with Crippen LogP contribution in [0.1, 0.15) is 55.6 Å². The molecule has 2 aliphatic rings. The number of benzene rings is 1. The number of anilines is 1. The first kappa shape index (κ1) is 22.4. The minimum Gasteiger partial charge on any atom is -0.462 e.